The fraction of sp³-hybridized carbons (Fsp3) is 0.500. The molecular formula is C14H22IN3. The predicted molar refractivity (Wildman–Crippen MR) is 87.5 cm³/mol. The first-order chi connectivity index (χ1) is 8.16. The monoisotopic (exact) mass is 359 g/mol. The van der Waals surface area contributed by atoms with Crippen LogP contribution in [0.1, 0.15) is 31.7 Å². The first kappa shape index (κ1) is 15.3. The van der Waals surface area contributed by atoms with Crippen LogP contribution in [-0.4, -0.2) is 18.5 Å². The highest BCUT2D eigenvalue weighted by molar-refractivity contribution is 14.0. The number of rotatable bonds is 4. The van der Waals surface area contributed by atoms with Gasteiger partial charge in [0.05, 0.1) is 0 Å². The van der Waals surface area contributed by atoms with Gasteiger partial charge in [0.25, 0.3) is 0 Å². The molecule has 1 aromatic rings. The zero-order valence-corrected chi connectivity index (χ0v) is 13.3. The Kier molecular flexibility index (Phi) is 5.91. The topological polar surface area (TPSA) is 50.4 Å². The van der Waals surface area contributed by atoms with E-state index >= 15 is 0 Å². The Morgan fingerprint density at radius 3 is 2.67 bits per heavy atom. The lowest BCUT2D eigenvalue weighted by Crippen LogP contribution is -2.34. The van der Waals surface area contributed by atoms with Crippen LogP contribution in [0.3, 0.4) is 0 Å². The lowest BCUT2D eigenvalue weighted by atomic mass is 10.1. The highest BCUT2D eigenvalue weighted by Crippen LogP contribution is 2.40. The van der Waals surface area contributed by atoms with E-state index in [1.54, 1.807) is 0 Å². The summed E-state index contributed by atoms with van der Waals surface area (Å²) in [5.41, 5.74) is 7.23. The molecule has 3 N–H and O–H groups in total. The first-order valence-corrected chi connectivity index (χ1v) is 6.28. The standard InChI is InChI=1S/C14H21N3.HI/c1-10(2)9-16-14(15)17-13-8-12(13)11-6-4-3-5-7-11;/h3-7,10,12-13H,8-9H2,1-2H3,(H3,15,16,17);1H. The molecule has 1 aromatic carbocycles. The quantitative estimate of drug-likeness (QED) is 0.493. The minimum absolute atomic E-state index is 0. The number of nitrogens with two attached hydrogens (primary N) is 1. The van der Waals surface area contributed by atoms with Crippen molar-refractivity contribution in [2.75, 3.05) is 6.54 Å². The number of benzene rings is 1. The van der Waals surface area contributed by atoms with Crippen molar-refractivity contribution < 1.29 is 0 Å². The Hall–Kier alpha value is -0.780. The highest BCUT2D eigenvalue weighted by atomic mass is 127. The van der Waals surface area contributed by atoms with Crippen LogP contribution in [0, 0.1) is 5.92 Å². The maximum Gasteiger partial charge on any atom is 0.188 e. The van der Waals surface area contributed by atoms with Crippen molar-refractivity contribution in [3.8, 4) is 0 Å². The molecule has 0 spiro atoms. The van der Waals surface area contributed by atoms with Crippen LogP contribution in [0.4, 0.5) is 0 Å². The van der Waals surface area contributed by atoms with Gasteiger partial charge in [0.1, 0.15) is 0 Å². The third kappa shape index (κ3) is 4.48. The lowest BCUT2D eigenvalue weighted by molar-refractivity contribution is 0.660. The molecule has 1 fully saturated rings. The second-order valence-corrected chi connectivity index (χ2v) is 5.12. The summed E-state index contributed by atoms with van der Waals surface area (Å²) in [6, 6.07) is 11.0. The zero-order chi connectivity index (χ0) is 12.3. The molecule has 1 saturated carbocycles. The molecule has 0 heterocycles. The van der Waals surface area contributed by atoms with Gasteiger partial charge in [-0.25, -0.2) is 0 Å². The van der Waals surface area contributed by atoms with Gasteiger partial charge >= 0.3 is 0 Å². The number of nitrogens with zero attached hydrogens (tertiary/aromatic N) is 1. The lowest BCUT2D eigenvalue weighted by Gasteiger charge is -2.06. The van der Waals surface area contributed by atoms with Crippen LogP contribution < -0.4 is 11.1 Å². The van der Waals surface area contributed by atoms with Crippen LogP contribution in [0.15, 0.2) is 35.3 Å². The molecule has 100 valence electrons. The molecule has 2 unspecified atom stereocenters. The molecule has 2 atom stereocenters. The first-order valence-electron chi connectivity index (χ1n) is 6.28. The van der Waals surface area contributed by atoms with E-state index in [0.717, 1.165) is 13.0 Å². The van der Waals surface area contributed by atoms with Gasteiger partial charge in [-0.2, -0.15) is 0 Å². The Bertz CT molecular complexity index is 389. The van der Waals surface area contributed by atoms with Crippen LogP contribution in [-0.2, 0) is 0 Å². The summed E-state index contributed by atoms with van der Waals surface area (Å²) in [5, 5.41) is 3.29. The van der Waals surface area contributed by atoms with Crippen LogP contribution in [0.2, 0.25) is 0 Å². The van der Waals surface area contributed by atoms with E-state index in [4.69, 9.17) is 5.73 Å². The van der Waals surface area contributed by atoms with Crippen molar-refractivity contribution in [1.82, 2.24) is 5.32 Å². The van der Waals surface area contributed by atoms with Crippen molar-refractivity contribution in [3.63, 3.8) is 0 Å². The number of hydrogen-bond donors (Lipinski definition) is 2. The smallest absolute Gasteiger partial charge is 0.188 e. The van der Waals surface area contributed by atoms with E-state index in [0.29, 0.717) is 23.8 Å². The third-order valence-corrected chi connectivity index (χ3v) is 2.98. The van der Waals surface area contributed by atoms with E-state index < -0.39 is 0 Å². The number of hydrogen-bond acceptors (Lipinski definition) is 1. The normalized spacial score (nSPS) is 22.5. The van der Waals surface area contributed by atoms with E-state index in [-0.39, 0.29) is 24.0 Å². The molecule has 0 aromatic heterocycles. The largest absolute Gasteiger partial charge is 0.370 e. The number of aliphatic imine (C=N–C) groups is 1. The molecule has 0 aliphatic heterocycles. The van der Waals surface area contributed by atoms with E-state index in [1.165, 1.54) is 5.56 Å². The van der Waals surface area contributed by atoms with Gasteiger partial charge in [-0.1, -0.05) is 44.2 Å². The molecule has 0 radical (unpaired) electrons. The molecule has 2 rings (SSSR count). The highest BCUT2D eigenvalue weighted by Gasteiger charge is 2.38. The van der Waals surface area contributed by atoms with Crippen molar-refractivity contribution in [1.29, 1.82) is 0 Å². The van der Waals surface area contributed by atoms with Crippen molar-refractivity contribution in [2.24, 2.45) is 16.6 Å². The SMILES string of the molecule is CC(C)CN=C(N)NC1CC1c1ccccc1.I. The van der Waals surface area contributed by atoms with E-state index in [1.807, 2.05) is 6.07 Å². The molecular weight excluding hydrogens is 337 g/mol. The molecule has 3 nitrogen and oxygen atoms in total. The number of nitrogens with one attached hydrogen (secondary N) is 1. The molecule has 0 bridgehead atoms. The summed E-state index contributed by atoms with van der Waals surface area (Å²) in [7, 11) is 0. The Morgan fingerprint density at radius 1 is 1.39 bits per heavy atom. The summed E-state index contributed by atoms with van der Waals surface area (Å²) in [6.07, 6.45) is 1.15. The minimum atomic E-state index is 0. The summed E-state index contributed by atoms with van der Waals surface area (Å²) < 4.78 is 0. The molecule has 18 heavy (non-hydrogen) atoms. The van der Waals surface area contributed by atoms with E-state index in [9.17, 15) is 0 Å². The molecule has 1 aliphatic rings. The zero-order valence-electron chi connectivity index (χ0n) is 11.0. The van der Waals surface area contributed by atoms with Crippen LogP contribution in [0.5, 0.6) is 0 Å². The fourth-order valence-electron chi connectivity index (χ4n) is 1.94. The second kappa shape index (κ2) is 6.97. The molecule has 0 amide bonds. The maximum atomic E-state index is 5.84. The summed E-state index contributed by atoms with van der Waals surface area (Å²) in [4.78, 5) is 4.32. The van der Waals surface area contributed by atoms with Crippen molar-refractivity contribution in [3.05, 3.63) is 35.9 Å². The fourth-order valence-corrected chi connectivity index (χ4v) is 1.94. The third-order valence-electron chi connectivity index (χ3n) is 2.98. The average Bonchev–Trinajstić information content (AvgIpc) is 3.07. The predicted octanol–water partition coefficient (Wildman–Crippen LogP) is 2.72. The van der Waals surface area contributed by atoms with E-state index in [2.05, 4.69) is 48.4 Å². The van der Waals surface area contributed by atoms with Crippen LogP contribution >= 0.6 is 24.0 Å². The van der Waals surface area contributed by atoms with Crippen molar-refractivity contribution in [2.45, 2.75) is 32.2 Å². The summed E-state index contributed by atoms with van der Waals surface area (Å²) >= 11 is 0. The van der Waals surface area contributed by atoms with Crippen LogP contribution in [0.25, 0.3) is 0 Å². The van der Waals surface area contributed by atoms with Gasteiger partial charge in [0.2, 0.25) is 0 Å². The minimum Gasteiger partial charge on any atom is -0.370 e. The van der Waals surface area contributed by atoms with Gasteiger partial charge in [-0.15, -0.1) is 24.0 Å². The Labute approximate surface area is 126 Å². The second-order valence-electron chi connectivity index (χ2n) is 5.12. The molecule has 4 heteroatoms. The van der Waals surface area contributed by atoms with Gasteiger partial charge in [0.15, 0.2) is 5.96 Å². The Balaban J connectivity index is 0.00000162. The average molecular weight is 359 g/mol. The Morgan fingerprint density at radius 2 is 2.06 bits per heavy atom. The molecule has 0 saturated heterocycles. The molecule has 1 aliphatic carbocycles. The summed E-state index contributed by atoms with van der Waals surface area (Å²) in [5.74, 6) is 1.74. The van der Waals surface area contributed by atoms with Gasteiger partial charge in [-0.05, 0) is 17.9 Å². The number of halogens is 1. The van der Waals surface area contributed by atoms with Crippen molar-refractivity contribution >= 4 is 29.9 Å². The number of guanidine groups is 1. The van der Waals surface area contributed by atoms with Gasteiger partial charge in [0, 0.05) is 18.5 Å². The van der Waals surface area contributed by atoms with Gasteiger partial charge < -0.3 is 11.1 Å². The maximum absolute atomic E-state index is 5.84. The summed E-state index contributed by atoms with van der Waals surface area (Å²) in [6.45, 7) is 5.07. The van der Waals surface area contributed by atoms with Gasteiger partial charge in [-0.3, -0.25) is 4.99 Å².